The number of carbonyl (C=O) groups excluding carboxylic acids is 1. The molecule has 3 rings (SSSR count). The highest BCUT2D eigenvalue weighted by atomic mass is 79.9. The number of rotatable bonds is 10. The zero-order valence-electron chi connectivity index (χ0n) is 19.5. The number of nitro benzene ring substituents is 1. The van der Waals surface area contributed by atoms with Crippen LogP contribution in [0.4, 0.5) is 11.4 Å². The molecule has 0 aliphatic heterocycles. The van der Waals surface area contributed by atoms with Crippen LogP contribution in [-0.4, -0.2) is 31.2 Å². The molecule has 0 saturated heterocycles. The minimum absolute atomic E-state index is 0.0602. The Balaban J connectivity index is 1.79. The van der Waals surface area contributed by atoms with E-state index in [1.54, 1.807) is 49.6 Å². The highest BCUT2D eigenvalue weighted by molar-refractivity contribution is 9.10. The van der Waals surface area contributed by atoms with Gasteiger partial charge in [0.05, 0.1) is 34.8 Å². The summed E-state index contributed by atoms with van der Waals surface area (Å²) in [5.74, 6) is 1.05. The molecular formula is C26H22BrN3O6. The van der Waals surface area contributed by atoms with Crippen LogP contribution in [0.15, 0.2) is 65.1 Å². The SMILES string of the molecule is CCOc1cc(/C=C(\C#N)c2ccc([N+](=O)[O-])cc2)cc(Br)c1OCC(=O)Nc1ccc(OC)cc1. The molecule has 0 aliphatic carbocycles. The van der Waals surface area contributed by atoms with Crippen LogP contribution >= 0.6 is 15.9 Å². The van der Waals surface area contributed by atoms with Gasteiger partial charge in [-0.3, -0.25) is 14.9 Å². The van der Waals surface area contributed by atoms with E-state index in [0.717, 1.165) is 0 Å². The first-order valence-electron chi connectivity index (χ1n) is 10.7. The van der Waals surface area contributed by atoms with E-state index in [2.05, 4.69) is 27.3 Å². The maximum Gasteiger partial charge on any atom is 0.269 e. The van der Waals surface area contributed by atoms with Crippen molar-refractivity contribution in [3.63, 3.8) is 0 Å². The number of benzene rings is 3. The molecular weight excluding hydrogens is 530 g/mol. The van der Waals surface area contributed by atoms with E-state index < -0.39 is 4.92 Å². The second-order valence-electron chi connectivity index (χ2n) is 7.30. The van der Waals surface area contributed by atoms with Crippen LogP contribution in [0.3, 0.4) is 0 Å². The number of nitrogens with one attached hydrogen (secondary N) is 1. The van der Waals surface area contributed by atoms with E-state index in [-0.39, 0.29) is 18.2 Å². The molecule has 1 N–H and O–H groups in total. The van der Waals surface area contributed by atoms with Gasteiger partial charge in [0, 0.05) is 17.8 Å². The van der Waals surface area contributed by atoms with Gasteiger partial charge < -0.3 is 19.5 Å². The fraction of sp³-hybridized carbons (Fsp3) is 0.154. The predicted octanol–water partition coefficient (Wildman–Crippen LogP) is 5.85. The minimum Gasteiger partial charge on any atom is -0.497 e. The third-order valence-electron chi connectivity index (χ3n) is 4.87. The largest absolute Gasteiger partial charge is 0.497 e. The predicted molar refractivity (Wildman–Crippen MR) is 139 cm³/mol. The molecule has 0 aromatic heterocycles. The van der Waals surface area contributed by atoms with Gasteiger partial charge in [-0.15, -0.1) is 0 Å². The summed E-state index contributed by atoms with van der Waals surface area (Å²) in [5, 5.41) is 23.3. The summed E-state index contributed by atoms with van der Waals surface area (Å²) in [6.45, 7) is 1.90. The molecule has 0 spiro atoms. The fourth-order valence-corrected chi connectivity index (χ4v) is 3.77. The summed E-state index contributed by atoms with van der Waals surface area (Å²) in [5.41, 5.74) is 2.02. The summed E-state index contributed by atoms with van der Waals surface area (Å²) in [7, 11) is 1.56. The Morgan fingerprint density at radius 1 is 1.14 bits per heavy atom. The number of nitriles is 1. The third-order valence-corrected chi connectivity index (χ3v) is 5.46. The molecule has 184 valence electrons. The number of ether oxygens (including phenoxy) is 3. The number of hydrogen-bond acceptors (Lipinski definition) is 7. The van der Waals surface area contributed by atoms with Crippen LogP contribution < -0.4 is 19.5 Å². The number of halogens is 1. The van der Waals surface area contributed by atoms with E-state index in [4.69, 9.17) is 14.2 Å². The number of nitrogens with zero attached hydrogens (tertiary/aromatic N) is 2. The molecule has 3 aromatic rings. The molecule has 0 radical (unpaired) electrons. The van der Waals surface area contributed by atoms with Crippen LogP contribution in [0, 0.1) is 21.4 Å². The monoisotopic (exact) mass is 551 g/mol. The topological polar surface area (TPSA) is 124 Å². The van der Waals surface area contributed by atoms with Crippen molar-refractivity contribution in [2.75, 3.05) is 25.6 Å². The molecule has 0 atom stereocenters. The van der Waals surface area contributed by atoms with E-state index in [9.17, 15) is 20.2 Å². The molecule has 0 heterocycles. The Morgan fingerprint density at radius 3 is 2.42 bits per heavy atom. The number of anilines is 1. The smallest absolute Gasteiger partial charge is 0.269 e. The molecule has 0 fully saturated rings. The Bertz CT molecular complexity index is 1320. The molecule has 1 amide bonds. The van der Waals surface area contributed by atoms with E-state index in [1.165, 1.54) is 24.3 Å². The normalized spacial score (nSPS) is 10.8. The van der Waals surface area contributed by atoms with Crippen molar-refractivity contribution in [1.29, 1.82) is 5.26 Å². The van der Waals surface area contributed by atoms with Crippen LogP contribution in [-0.2, 0) is 4.79 Å². The quantitative estimate of drug-likeness (QED) is 0.145. The van der Waals surface area contributed by atoms with Crippen molar-refractivity contribution in [2.24, 2.45) is 0 Å². The van der Waals surface area contributed by atoms with Crippen LogP contribution in [0.5, 0.6) is 17.2 Å². The van der Waals surface area contributed by atoms with Crippen molar-refractivity contribution in [3.8, 4) is 23.3 Å². The highest BCUT2D eigenvalue weighted by Gasteiger charge is 2.15. The zero-order chi connectivity index (χ0) is 26.1. The minimum atomic E-state index is -0.499. The van der Waals surface area contributed by atoms with Gasteiger partial charge in [-0.25, -0.2) is 0 Å². The van der Waals surface area contributed by atoms with Gasteiger partial charge in [0.25, 0.3) is 11.6 Å². The van der Waals surface area contributed by atoms with Gasteiger partial charge in [-0.1, -0.05) is 0 Å². The lowest BCUT2D eigenvalue weighted by molar-refractivity contribution is -0.384. The Kier molecular flexibility index (Phi) is 9.02. The fourth-order valence-electron chi connectivity index (χ4n) is 3.19. The Morgan fingerprint density at radius 2 is 1.83 bits per heavy atom. The maximum atomic E-state index is 12.4. The van der Waals surface area contributed by atoms with Crippen molar-refractivity contribution >= 4 is 44.9 Å². The molecule has 9 nitrogen and oxygen atoms in total. The lowest BCUT2D eigenvalue weighted by atomic mass is 10.0. The van der Waals surface area contributed by atoms with Crippen molar-refractivity contribution in [1.82, 2.24) is 0 Å². The Labute approximate surface area is 216 Å². The second kappa shape index (κ2) is 12.4. The summed E-state index contributed by atoms with van der Waals surface area (Å²) in [6, 6.07) is 18.2. The van der Waals surface area contributed by atoms with Crippen LogP contribution in [0.2, 0.25) is 0 Å². The second-order valence-corrected chi connectivity index (χ2v) is 8.16. The van der Waals surface area contributed by atoms with Gasteiger partial charge in [0.15, 0.2) is 18.1 Å². The van der Waals surface area contributed by atoms with Gasteiger partial charge >= 0.3 is 0 Å². The number of non-ortho nitro benzene ring substituents is 1. The molecule has 0 unspecified atom stereocenters. The molecule has 0 aliphatic rings. The molecule has 10 heteroatoms. The average molecular weight is 552 g/mol. The average Bonchev–Trinajstić information content (AvgIpc) is 2.87. The zero-order valence-corrected chi connectivity index (χ0v) is 21.1. The number of amides is 1. The summed E-state index contributed by atoms with van der Waals surface area (Å²) < 4.78 is 17.1. The summed E-state index contributed by atoms with van der Waals surface area (Å²) >= 11 is 3.46. The van der Waals surface area contributed by atoms with Crippen molar-refractivity contribution in [3.05, 3.63) is 86.4 Å². The number of nitro groups is 1. The van der Waals surface area contributed by atoms with E-state index in [0.29, 0.717) is 50.7 Å². The molecule has 36 heavy (non-hydrogen) atoms. The van der Waals surface area contributed by atoms with E-state index in [1.807, 2.05) is 6.92 Å². The van der Waals surface area contributed by atoms with Gasteiger partial charge in [-0.2, -0.15) is 5.26 Å². The lowest BCUT2D eigenvalue weighted by Gasteiger charge is -2.15. The van der Waals surface area contributed by atoms with Crippen molar-refractivity contribution < 1.29 is 23.9 Å². The van der Waals surface area contributed by atoms with Gasteiger partial charge in [0.1, 0.15) is 5.75 Å². The maximum absolute atomic E-state index is 12.4. The number of hydrogen-bond donors (Lipinski definition) is 1. The van der Waals surface area contributed by atoms with Crippen LogP contribution in [0.1, 0.15) is 18.1 Å². The van der Waals surface area contributed by atoms with Gasteiger partial charge in [0.2, 0.25) is 0 Å². The van der Waals surface area contributed by atoms with E-state index >= 15 is 0 Å². The standard InChI is InChI=1S/C26H22BrN3O6/c1-3-35-24-14-17(12-19(15-28)18-4-8-21(9-5-18)30(32)33)13-23(27)26(24)36-16-25(31)29-20-6-10-22(34-2)11-7-20/h4-14H,3,16H2,1-2H3,(H,29,31)/b19-12+. The highest BCUT2D eigenvalue weighted by Crippen LogP contribution is 2.38. The summed E-state index contributed by atoms with van der Waals surface area (Å²) in [4.78, 5) is 22.8. The lowest BCUT2D eigenvalue weighted by Crippen LogP contribution is -2.20. The first-order valence-corrected chi connectivity index (χ1v) is 11.5. The van der Waals surface area contributed by atoms with Crippen molar-refractivity contribution in [2.45, 2.75) is 6.92 Å². The molecule has 3 aromatic carbocycles. The first kappa shape index (κ1) is 26.2. The molecule has 0 saturated carbocycles. The van der Waals surface area contributed by atoms with Gasteiger partial charge in [-0.05, 0) is 88.6 Å². The Hall–Kier alpha value is -4.36. The first-order chi connectivity index (χ1) is 17.3. The number of methoxy groups -OCH3 is 1. The number of carbonyl (C=O) groups is 1. The number of allylic oxidation sites excluding steroid dienone is 1. The third kappa shape index (κ3) is 6.84. The van der Waals surface area contributed by atoms with Crippen LogP contribution in [0.25, 0.3) is 11.6 Å². The summed E-state index contributed by atoms with van der Waals surface area (Å²) in [6.07, 6.45) is 1.63. The molecule has 0 bridgehead atoms.